The van der Waals surface area contributed by atoms with E-state index in [0.717, 1.165) is 38.2 Å². The van der Waals surface area contributed by atoms with E-state index in [4.69, 9.17) is 32.5 Å². The molecule has 5 rings (SSSR count). The van der Waals surface area contributed by atoms with Crippen molar-refractivity contribution in [1.29, 1.82) is 0 Å². The number of ether oxygens (including phenoxy) is 1. The lowest BCUT2D eigenvalue weighted by Gasteiger charge is -2.57. The molecule has 3 aliphatic rings. The molecule has 1 aromatic heterocycles. The maximum atomic E-state index is 13.5. The first-order chi connectivity index (χ1) is 14.7. The maximum absolute atomic E-state index is 13.5. The van der Waals surface area contributed by atoms with Crippen LogP contribution in [0.25, 0.3) is 0 Å². The van der Waals surface area contributed by atoms with Gasteiger partial charge in [-0.1, -0.05) is 35.3 Å². The van der Waals surface area contributed by atoms with Crippen LogP contribution in [0.5, 0.6) is 5.75 Å². The summed E-state index contributed by atoms with van der Waals surface area (Å²) >= 11 is 11.4. The van der Waals surface area contributed by atoms with Gasteiger partial charge in [0, 0.05) is 23.2 Å². The second-order valence-corrected chi connectivity index (χ2v) is 9.22. The molecule has 2 aromatic rings. The second kappa shape index (κ2) is 8.31. The third-order valence-corrected chi connectivity index (χ3v) is 6.96. The standard InChI is InChI=1S/C21H22Cl2FN3O4/c1-12-10-20(26-19(29)16-9-17(23)27-31-16)4-6-21(12,7-5-20)25-18(28)11-30-13-2-3-14(22)15(24)8-13/h2-3,8-9,12H,4-7,10-11H2,1H3,(H,25,28)(H,26,29). The summed E-state index contributed by atoms with van der Waals surface area (Å²) in [7, 11) is 0. The van der Waals surface area contributed by atoms with E-state index < -0.39 is 5.82 Å². The van der Waals surface area contributed by atoms with E-state index in [1.54, 1.807) is 0 Å². The van der Waals surface area contributed by atoms with Gasteiger partial charge < -0.3 is 19.9 Å². The first-order valence-electron chi connectivity index (χ1n) is 10.0. The molecular weight excluding hydrogens is 448 g/mol. The molecule has 0 aliphatic heterocycles. The predicted octanol–water partition coefficient (Wildman–Crippen LogP) is 4.14. The summed E-state index contributed by atoms with van der Waals surface area (Å²) in [5.74, 6) is -0.740. The number of hydrogen-bond donors (Lipinski definition) is 2. The minimum Gasteiger partial charge on any atom is -0.484 e. The number of fused-ring (bicyclic) bond motifs is 3. The fourth-order valence-electron chi connectivity index (χ4n) is 4.77. The topological polar surface area (TPSA) is 93.5 Å². The average Bonchev–Trinajstić information content (AvgIpc) is 3.17. The Balaban J connectivity index is 1.34. The molecule has 10 heteroatoms. The number of aromatic nitrogens is 1. The van der Waals surface area contributed by atoms with Crippen LogP contribution in [0.3, 0.4) is 0 Å². The third-order valence-electron chi connectivity index (χ3n) is 6.47. The Morgan fingerprint density at radius 3 is 2.58 bits per heavy atom. The van der Waals surface area contributed by atoms with E-state index in [2.05, 4.69) is 22.7 Å². The number of rotatable bonds is 6. The zero-order chi connectivity index (χ0) is 22.2. The van der Waals surface area contributed by atoms with E-state index in [-0.39, 0.29) is 57.1 Å². The zero-order valence-electron chi connectivity index (χ0n) is 16.8. The Labute approximate surface area is 188 Å². The summed E-state index contributed by atoms with van der Waals surface area (Å²) in [5, 5.41) is 9.89. The van der Waals surface area contributed by atoms with E-state index in [9.17, 15) is 14.0 Å². The highest BCUT2D eigenvalue weighted by molar-refractivity contribution is 6.30. The van der Waals surface area contributed by atoms with Gasteiger partial charge in [0.2, 0.25) is 5.76 Å². The van der Waals surface area contributed by atoms with Gasteiger partial charge >= 0.3 is 0 Å². The van der Waals surface area contributed by atoms with Crippen molar-refractivity contribution in [2.45, 2.75) is 50.1 Å². The van der Waals surface area contributed by atoms with Gasteiger partial charge in [-0.2, -0.15) is 0 Å². The van der Waals surface area contributed by atoms with Crippen LogP contribution in [0.1, 0.15) is 49.6 Å². The SMILES string of the molecule is CC1CC2(NC(=O)c3cc(Cl)no3)CCC1(NC(=O)COc1ccc(Cl)c(F)c1)CC2. The molecule has 2 bridgehead atoms. The highest BCUT2D eigenvalue weighted by Crippen LogP contribution is 2.50. The molecule has 1 aromatic carbocycles. The normalized spacial score (nSPS) is 27.0. The first-order valence-corrected chi connectivity index (χ1v) is 10.8. The molecule has 1 atom stereocenters. The van der Waals surface area contributed by atoms with Crippen LogP contribution in [0.15, 0.2) is 28.8 Å². The Morgan fingerprint density at radius 2 is 1.97 bits per heavy atom. The first kappa shape index (κ1) is 21.9. The molecule has 31 heavy (non-hydrogen) atoms. The summed E-state index contributed by atoms with van der Waals surface area (Å²) in [6.07, 6.45) is 3.65. The van der Waals surface area contributed by atoms with Gasteiger partial charge in [-0.3, -0.25) is 9.59 Å². The number of carbonyl (C=O) groups is 2. The van der Waals surface area contributed by atoms with Crippen molar-refractivity contribution in [3.63, 3.8) is 0 Å². The van der Waals surface area contributed by atoms with Crippen LogP contribution < -0.4 is 15.4 Å². The molecule has 166 valence electrons. The molecule has 7 nitrogen and oxygen atoms in total. The lowest BCUT2D eigenvalue weighted by atomic mass is 9.56. The van der Waals surface area contributed by atoms with Crippen molar-refractivity contribution >= 4 is 35.0 Å². The number of nitrogens with zero attached hydrogens (tertiary/aromatic N) is 1. The lowest BCUT2D eigenvalue weighted by molar-refractivity contribution is -0.128. The largest absolute Gasteiger partial charge is 0.484 e. The molecule has 0 saturated heterocycles. The number of hydrogen-bond acceptors (Lipinski definition) is 5. The van der Waals surface area contributed by atoms with E-state index in [0.29, 0.717) is 0 Å². The quantitative estimate of drug-likeness (QED) is 0.662. The van der Waals surface area contributed by atoms with Crippen molar-refractivity contribution in [2.75, 3.05) is 6.61 Å². The molecule has 3 aliphatic carbocycles. The van der Waals surface area contributed by atoms with Gasteiger partial charge in [0.1, 0.15) is 11.6 Å². The van der Waals surface area contributed by atoms with Crippen LogP contribution in [0.2, 0.25) is 10.2 Å². The molecule has 1 unspecified atom stereocenters. The van der Waals surface area contributed by atoms with Crippen LogP contribution >= 0.6 is 23.2 Å². The number of benzene rings is 1. The molecular formula is C21H22Cl2FN3O4. The average molecular weight is 470 g/mol. The molecule has 0 spiro atoms. The summed E-state index contributed by atoms with van der Waals surface area (Å²) in [6.45, 7) is 1.85. The lowest BCUT2D eigenvalue weighted by Crippen LogP contribution is -2.67. The summed E-state index contributed by atoms with van der Waals surface area (Å²) in [5.41, 5.74) is -0.701. The number of halogens is 3. The van der Waals surface area contributed by atoms with Crippen LogP contribution in [0.4, 0.5) is 4.39 Å². The van der Waals surface area contributed by atoms with Gasteiger partial charge in [0.15, 0.2) is 11.8 Å². The van der Waals surface area contributed by atoms with E-state index >= 15 is 0 Å². The number of carbonyl (C=O) groups excluding carboxylic acids is 2. The number of nitrogens with one attached hydrogen (secondary N) is 2. The fourth-order valence-corrected chi connectivity index (χ4v) is 5.02. The van der Waals surface area contributed by atoms with Crippen molar-refractivity contribution < 1.29 is 23.2 Å². The highest BCUT2D eigenvalue weighted by Gasteiger charge is 2.54. The smallest absolute Gasteiger partial charge is 0.290 e. The van der Waals surface area contributed by atoms with Gasteiger partial charge in [-0.25, -0.2) is 4.39 Å². The van der Waals surface area contributed by atoms with Crippen molar-refractivity contribution in [2.24, 2.45) is 5.92 Å². The van der Waals surface area contributed by atoms with Crippen LogP contribution in [0, 0.1) is 11.7 Å². The Bertz CT molecular complexity index is 1000. The molecule has 2 amide bonds. The molecule has 2 N–H and O–H groups in total. The molecule has 1 heterocycles. The van der Waals surface area contributed by atoms with Gasteiger partial charge in [-0.15, -0.1) is 0 Å². The van der Waals surface area contributed by atoms with Gasteiger partial charge in [0.05, 0.1) is 5.02 Å². The minimum atomic E-state index is -0.600. The summed E-state index contributed by atoms with van der Waals surface area (Å²) in [6, 6.07) is 5.43. The fraction of sp³-hybridized carbons (Fsp3) is 0.476. The van der Waals surface area contributed by atoms with Crippen LogP contribution in [-0.4, -0.2) is 34.7 Å². The molecule has 0 radical (unpaired) electrons. The Hall–Kier alpha value is -2.32. The van der Waals surface area contributed by atoms with Gasteiger partial charge in [-0.05, 0) is 50.2 Å². The van der Waals surface area contributed by atoms with Gasteiger partial charge in [0.25, 0.3) is 11.8 Å². The molecule has 3 fully saturated rings. The maximum Gasteiger partial charge on any atom is 0.290 e. The second-order valence-electron chi connectivity index (χ2n) is 8.42. The molecule has 3 saturated carbocycles. The minimum absolute atomic E-state index is 0.00379. The number of amides is 2. The predicted molar refractivity (Wildman–Crippen MR) is 112 cm³/mol. The third kappa shape index (κ3) is 4.50. The van der Waals surface area contributed by atoms with Crippen molar-refractivity contribution in [3.05, 3.63) is 46.0 Å². The zero-order valence-corrected chi connectivity index (χ0v) is 18.4. The highest BCUT2D eigenvalue weighted by atomic mass is 35.5. The monoisotopic (exact) mass is 469 g/mol. The Morgan fingerprint density at radius 1 is 1.23 bits per heavy atom. The van der Waals surface area contributed by atoms with Crippen molar-refractivity contribution in [3.8, 4) is 5.75 Å². The van der Waals surface area contributed by atoms with E-state index in [1.165, 1.54) is 18.2 Å². The summed E-state index contributed by atoms with van der Waals surface area (Å²) in [4.78, 5) is 25.1. The van der Waals surface area contributed by atoms with Crippen molar-refractivity contribution in [1.82, 2.24) is 15.8 Å². The van der Waals surface area contributed by atoms with Crippen LogP contribution in [-0.2, 0) is 4.79 Å². The summed E-state index contributed by atoms with van der Waals surface area (Å²) < 4.78 is 23.9. The van der Waals surface area contributed by atoms with E-state index in [1.807, 2.05) is 0 Å². The Kier molecular flexibility index (Phi) is 5.87.